The average molecular weight is 356 g/mol. The summed E-state index contributed by atoms with van der Waals surface area (Å²) in [4.78, 5) is 2.29. The zero-order valence-electron chi connectivity index (χ0n) is 14.1. The smallest absolute Gasteiger partial charge is 0.229 e. The van der Waals surface area contributed by atoms with Crippen LogP contribution in [0.5, 0.6) is 5.75 Å². The number of nitrogens with one attached hydrogen (secondary N) is 1. The molecule has 1 saturated heterocycles. The number of nitrogens with zero attached hydrogens (tertiary/aromatic N) is 1. The summed E-state index contributed by atoms with van der Waals surface area (Å²) in [5.74, 6) is 0.546. The molecule has 1 unspecified atom stereocenters. The van der Waals surface area contributed by atoms with Crippen LogP contribution in [0.4, 0.5) is 5.69 Å². The molecule has 0 aliphatic carbocycles. The standard InChI is InChI=1S/C16H24N2O5S/c1-21-15-10-13-4-6-18(16-11-22-7-8-23-16)5-3-12(13)9-14(15)17-24(2,19)20/h9-10,16-17H,3-8,11H2,1-2H3. The van der Waals surface area contributed by atoms with E-state index in [0.29, 0.717) is 31.3 Å². The topological polar surface area (TPSA) is 77.1 Å². The van der Waals surface area contributed by atoms with Crippen LogP contribution in [0.15, 0.2) is 12.1 Å². The van der Waals surface area contributed by atoms with Crippen molar-refractivity contribution in [1.29, 1.82) is 0 Å². The fraction of sp³-hybridized carbons (Fsp3) is 0.625. The van der Waals surface area contributed by atoms with Crippen LogP contribution in [0, 0.1) is 0 Å². The number of anilines is 1. The number of sulfonamides is 1. The summed E-state index contributed by atoms with van der Waals surface area (Å²) in [5.41, 5.74) is 2.82. The maximum absolute atomic E-state index is 11.6. The summed E-state index contributed by atoms with van der Waals surface area (Å²) in [6.45, 7) is 3.61. The molecule has 24 heavy (non-hydrogen) atoms. The van der Waals surface area contributed by atoms with E-state index in [1.807, 2.05) is 12.1 Å². The van der Waals surface area contributed by atoms with E-state index < -0.39 is 10.0 Å². The first-order chi connectivity index (χ1) is 11.5. The van der Waals surface area contributed by atoms with Crippen molar-refractivity contribution in [2.75, 3.05) is 51.0 Å². The highest BCUT2D eigenvalue weighted by Gasteiger charge is 2.25. The summed E-state index contributed by atoms with van der Waals surface area (Å²) in [7, 11) is -1.80. The molecule has 2 heterocycles. The molecule has 1 aromatic rings. The van der Waals surface area contributed by atoms with Crippen LogP contribution in [0.3, 0.4) is 0 Å². The van der Waals surface area contributed by atoms with Crippen LogP contribution in [-0.2, 0) is 32.3 Å². The summed E-state index contributed by atoms with van der Waals surface area (Å²) in [5, 5.41) is 0. The van der Waals surface area contributed by atoms with E-state index in [1.165, 1.54) is 5.56 Å². The molecule has 2 aliphatic rings. The lowest BCUT2D eigenvalue weighted by Crippen LogP contribution is -2.45. The van der Waals surface area contributed by atoms with Gasteiger partial charge in [-0.3, -0.25) is 9.62 Å². The molecular formula is C16H24N2O5S. The molecule has 2 aliphatic heterocycles. The van der Waals surface area contributed by atoms with Gasteiger partial charge in [0, 0.05) is 13.1 Å². The zero-order chi connectivity index (χ0) is 17.2. The fourth-order valence-corrected chi connectivity index (χ4v) is 3.75. The average Bonchev–Trinajstić information content (AvgIpc) is 2.75. The lowest BCUT2D eigenvalue weighted by molar-refractivity contribution is -0.153. The summed E-state index contributed by atoms with van der Waals surface area (Å²) in [6.07, 6.45) is 2.84. The maximum Gasteiger partial charge on any atom is 0.229 e. The second-order valence-corrected chi connectivity index (χ2v) is 7.88. The van der Waals surface area contributed by atoms with Gasteiger partial charge in [0.1, 0.15) is 12.0 Å². The van der Waals surface area contributed by atoms with E-state index in [1.54, 1.807) is 7.11 Å². The molecule has 0 saturated carbocycles. The Balaban J connectivity index is 1.80. The molecule has 7 nitrogen and oxygen atoms in total. The van der Waals surface area contributed by atoms with Crippen LogP contribution in [0.25, 0.3) is 0 Å². The molecule has 1 atom stereocenters. The van der Waals surface area contributed by atoms with Gasteiger partial charge in [0.25, 0.3) is 0 Å². The highest BCUT2D eigenvalue weighted by atomic mass is 32.2. The molecule has 8 heteroatoms. The van der Waals surface area contributed by atoms with Gasteiger partial charge in [-0.1, -0.05) is 0 Å². The number of methoxy groups -OCH3 is 1. The van der Waals surface area contributed by atoms with E-state index in [0.717, 1.165) is 37.8 Å². The highest BCUT2D eigenvalue weighted by molar-refractivity contribution is 7.92. The molecule has 0 radical (unpaired) electrons. The second kappa shape index (κ2) is 7.26. The van der Waals surface area contributed by atoms with Gasteiger partial charge in [-0.25, -0.2) is 8.42 Å². The Morgan fingerprint density at radius 2 is 1.92 bits per heavy atom. The Hall–Kier alpha value is -1.35. The van der Waals surface area contributed by atoms with Gasteiger partial charge >= 0.3 is 0 Å². The lowest BCUT2D eigenvalue weighted by Gasteiger charge is -2.33. The van der Waals surface area contributed by atoms with E-state index in [-0.39, 0.29) is 6.23 Å². The lowest BCUT2D eigenvalue weighted by atomic mass is 10.0. The van der Waals surface area contributed by atoms with Gasteiger partial charge in [0.15, 0.2) is 0 Å². The van der Waals surface area contributed by atoms with Crippen molar-refractivity contribution in [1.82, 2.24) is 4.90 Å². The summed E-state index contributed by atoms with van der Waals surface area (Å²) in [6, 6.07) is 3.82. The van der Waals surface area contributed by atoms with Crippen molar-refractivity contribution < 1.29 is 22.6 Å². The molecular weight excluding hydrogens is 332 g/mol. The number of hydrogen-bond donors (Lipinski definition) is 1. The number of fused-ring (bicyclic) bond motifs is 1. The van der Waals surface area contributed by atoms with Crippen molar-refractivity contribution >= 4 is 15.7 Å². The van der Waals surface area contributed by atoms with Crippen molar-refractivity contribution in [3.05, 3.63) is 23.3 Å². The van der Waals surface area contributed by atoms with Gasteiger partial charge in [-0.05, 0) is 36.1 Å². The van der Waals surface area contributed by atoms with Crippen LogP contribution >= 0.6 is 0 Å². The predicted octanol–water partition coefficient (Wildman–Crippen LogP) is 0.840. The first-order valence-corrected chi connectivity index (χ1v) is 9.96. The monoisotopic (exact) mass is 356 g/mol. The Morgan fingerprint density at radius 3 is 2.50 bits per heavy atom. The predicted molar refractivity (Wildman–Crippen MR) is 91.0 cm³/mol. The van der Waals surface area contributed by atoms with E-state index in [9.17, 15) is 8.42 Å². The highest BCUT2D eigenvalue weighted by Crippen LogP contribution is 2.31. The van der Waals surface area contributed by atoms with Gasteiger partial charge in [-0.15, -0.1) is 0 Å². The first-order valence-electron chi connectivity index (χ1n) is 8.07. The largest absolute Gasteiger partial charge is 0.495 e. The molecule has 0 spiro atoms. The molecule has 3 rings (SSSR count). The molecule has 1 N–H and O–H groups in total. The van der Waals surface area contributed by atoms with Crippen molar-refractivity contribution in [3.63, 3.8) is 0 Å². The third kappa shape index (κ3) is 4.18. The fourth-order valence-electron chi connectivity index (χ4n) is 3.19. The minimum Gasteiger partial charge on any atom is -0.495 e. The Bertz CT molecular complexity index is 686. The molecule has 0 aromatic heterocycles. The summed E-state index contributed by atoms with van der Waals surface area (Å²) < 4.78 is 42.3. The molecule has 1 aromatic carbocycles. The molecule has 1 fully saturated rings. The third-order valence-electron chi connectivity index (χ3n) is 4.36. The second-order valence-electron chi connectivity index (χ2n) is 6.13. The zero-order valence-corrected chi connectivity index (χ0v) is 14.9. The molecule has 134 valence electrons. The van der Waals surface area contributed by atoms with Gasteiger partial charge < -0.3 is 14.2 Å². The Morgan fingerprint density at radius 1 is 1.21 bits per heavy atom. The van der Waals surface area contributed by atoms with Gasteiger partial charge in [0.05, 0.1) is 38.9 Å². The Labute approximate surface area is 142 Å². The SMILES string of the molecule is COc1cc2c(cc1NS(C)(=O)=O)CCN(C1COCCO1)CC2. The van der Waals surface area contributed by atoms with Crippen LogP contribution in [0.1, 0.15) is 11.1 Å². The minimum absolute atomic E-state index is 0.00331. The normalized spacial score (nSPS) is 22.5. The van der Waals surface area contributed by atoms with Crippen molar-refractivity contribution in [2.45, 2.75) is 19.1 Å². The number of ether oxygens (including phenoxy) is 3. The van der Waals surface area contributed by atoms with Crippen LogP contribution < -0.4 is 9.46 Å². The van der Waals surface area contributed by atoms with E-state index in [4.69, 9.17) is 14.2 Å². The summed E-state index contributed by atoms with van der Waals surface area (Å²) >= 11 is 0. The van der Waals surface area contributed by atoms with E-state index in [2.05, 4.69) is 9.62 Å². The minimum atomic E-state index is -3.35. The molecule has 0 bridgehead atoms. The number of hydrogen-bond acceptors (Lipinski definition) is 6. The first kappa shape index (κ1) is 17.5. The quantitative estimate of drug-likeness (QED) is 0.862. The van der Waals surface area contributed by atoms with Crippen molar-refractivity contribution in [2.24, 2.45) is 0 Å². The molecule has 0 amide bonds. The van der Waals surface area contributed by atoms with Gasteiger partial charge in [-0.2, -0.15) is 0 Å². The third-order valence-corrected chi connectivity index (χ3v) is 4.95. The van der Waals surface area contributed by atoms with E-state index >= 15 is 0 Å². The maximum atomic E-state index is 11.6. The van der Waals surface area contributed by atoms with Crippen LogP contribution in [0.2, 0.25) is 0 Å². The Kier molecular flexibility index (Phi) is 5.29. The number of benzene rings is 1. The van der Waals surface area contributed by atoms with Crippen molar-refractivity contribution in [3.8, 4) is 5.75 Å². The van der Waals surface area contributed by atoms with Gasteiger partial charge in [0.2, 0.25) is 10.0 Å². The van der Waals surface area contributed by atoms with Crippen LogP contribution in [-0.4, -0.2) is 65.8 Å². The number of rotatable bonds is 4.